The third-order valence-electron chi connectivity index (χ3n) is 4.82. The van der Waals surface area contributed by atoms with Crippen molar-refractivity contribution < 1.29 is 18.4 Å². The fourth-order valence-corrected chi connectivity index (χ4v) is 3.32. The quantitative estimate of drug-likeness (QED) is 0.872. The Hall–Kier alpha value is -2.63. The number of amides is 2. The summed E-state index contributed by atoms with van der Waals surface area (Å²) in [5.41, 5.74) is 0.782. The molecule has 27 heavy (non-hydrogen) atoms. The lowest BCUT2D eigenvalue weighted by Crippen LogP contribution is -2.46. The van der Waals surface area contributed by atoms with Crippen molar-refractivity contribution in [1.29, 1.82) is 0 Å². The lowest BCUT2D eigenvalue weighted by Gasteiger charge is -2.33. The van der Waals surface area contributed by atoms with Crippen LogP contribution in [0.3, 0.4) is 0 Å². The van der Waals surface area contributed by atoms with Gasteiger partial charge in [0.25, 0.3) is 0 Å². The predicted molar refractivity (Wildman–Crippen MR) is 100 cm³/mol. The van der Waals surface area contributed by atoms with E-state index >= 15 is 0 Å². The number of rotatable bonds is 5. The molecule has 0 spiro atoms. The van der Waals surface area contributed by atoms with Crippen molar-refractivity contribution in [3.05, 3.63) is 48.0 Å². The Bertz CT molecular complexity index is 798. The van der Waals surface area contributed by atoms with Gasteiger partial charge in [0.1, 0.15) is 17.3 Å². The van der Waals surface area contributed by atoms with Crippen LogP contribution in [-0.4, -0.2) is 29.8 Å². The molecule has 2 aromatic rings. The van der Waals surface area contributed by atoms with E-state index in [4.69, 9.17) is 4.42 Å². The summed E-state index contributed by atoms with van der Waals surface area (Å²) >= 11 is 0. The first-order valence-corrected chi connectivity index (χ1v) is 9.35. The molecule has 3 rings (SSSR count). The third-order valence-corrected chi connectivity index (χ3v) is 4.82. The van der Waals surface area contributed by atoms with Crippen LogP contribution in [-0.2, 0) is 16.1 Å². The summed E-state index contributed by atoms with van der Waals surface area (Å²) in [7, 11) is 0. The smallest absolute Gasteiger partial charge is 0.225 e. The van der Waals surface area contributed by atoms with Gasteiger partial charge < -0.3 is 14.6 Å². The van der Waals surface area contributed by atoms with Crippen molar-refractivity contribution in [2.24, 2.45) is 11.8 Å². The highest BCUT2D eigenvalue weighted by atomic mass is 19.1. The average Bonchev–Trinajstić information content (AvgIpc) is 3.15. The Morgan fingerprint density at radius 2 is 1.96 bits per heavy atom. The van der Waals surface area contributed by atoms with E-state index in [2.05, 4.69) is 5.32 Å². The Balaban J connectivity index is 1.55. The largest absolute Gasteiger partial charge is 0.459 e. The monoisotopic (exact) mass is 372 g/mol. The van der Waals surface area contributed by atoms with Gasteiger partial charge in [-0.2, -0.15) is 0 Å². The molecule has 1 aromatic heterocycles. The molecule has 0 bridgehead atoms. The van der Waals surface area contributed by atoms with Crippen LogP contribution in [0.15, 0.2) is 40.8 Å². The van der Waals surface area contributed by atoms with E-state index in [1.165, 1.54) is 12.1 Å². The molecule has 144 valence electrons. The molecule has 1 aliphatic heterocycles. The molecule has 2 amide bonds. The summed E-state index contributed by atoms with van der Waals surface area (Å²) in [6, 6.07) is 9.67. The SMILES string of the molecule is CC(C)C(=O)N1CCCC(C(=O)NCc2ccc(-c3ccc(F)cc3)o2)C1. The van der Waals surface area contributed by atoms with Gasteiger partial charge in [0.15, 0.2) is 0 Å². The van der Waals surface area contributed by atoms with Crippen LogP contribution >= 0.6 is 0 Å². The highest BCUT2D eigenvalue weighted by Gasteiger charge is 2.29. The summed E-state index contributed by atoms with van der Waals surface area (Å²) in [5, 5.41) is 2.90. The molecule has 1 unspecified atom stereocenters. The normalized spacial score (nSPS) is 17.2. The molecule has 1 fully saturated rings. The van der Waals surface area contributed by atoms with Crippen molar-refractivity contribution in [1.82, 2.24) is 10.2 Å². The zero-order valence-electron chi connectivity index (χ0n) is 15.7. The number of likely N-dealkylation sites (tertiary alicyclic amines) is 1. The lowest BCUT2D eigenvalue weighted by molar-refractivity contribution is -0.138. The maximum atomic E-state index is 13.0. The second kappa shape index (κ2) is 8.37. The highest BCUT2D eigenvalue weighted by molar-refractivity contribution is 5.82. The molecule has 0 radical (unpaired) electrons. The maximum Gasteiger partial charge on any atom is 0.225 e. The minimum Gasteiger partial charge on any atom is -0.459 e. The van der Waals surface area contributed by atoms with Crippen LogP contribution in [0.5, 0.6) is 0 Å². The van der Waals surface area contributed by atoms with Gasteiger partial charge in [-0.05, 0) is 49.2 Å². The number of carbonyl (C=O) groups is 2. The zero-order valence-corrected chi connectivity index (χ0v) is 15.7. The van der Waals surface area contributed by atoms with Gasteiger partial charge in [0.2, 0.25) is 11.8 Å². The first-order chi connectivity index (χ1) is 12.9. The van der Waals surface area contributed by atoms with Crippen molar-refractivity contribution >= 4 is 11.8 Å². The van der Waals surface area contributed by atoms with Crippen molar-refractivity contribution in [2.45, 2.75) is 33.2 Å². The number of benzene rings is 1. The molecule has 6 heteroatoms. The fourth-order valence-electron chi connectivity index (χ4n) is 3.32. The number of carbonyl (C=O) groups excluding carboxylic acids is 2. The summed E-state index contributed by atoms with van der Waals surface area (Å²) in [6.45, 7) is 5.24. The fraction of sp³-hybridized carbons (Fsp3) is 0.429. The zero-order chi connectivity index (χ0) is 19.4. The Morgan fingerprint density at radius 1 is 1.22 bits per heavy atom. The summed E-state index contributed by atoms with van der Waals surface area (Å²) < 4.78 is 18.7. The van der Waals surface area contributed by atoms with E-state index in [1.807, 2.05) is 13.8 Å². The van der Waals surface area contributed by atoms with E-state index in [0.29, 0.717) is 18.1 Å². The predicted octanol–water partition coefficient (Wildman–Crippen LogP) is 3.60. The minimum atomic E-state index is -0.296. The Kier molecular flexibility index (Phi) is 5.94. The molecular weight excluding hydrogens is 347 g/mol. The molecule has 1 aromatic carbocycles. The van der Waals surface area contributed by atoms with E-state index in [-0.39, 0.29) is 36.0 Å². The topological polar surface area (TPSA) is 62.6 Å². The molecule has 0 saturated carbocycles. The average molecular weight is 372 g/mol. The third kappa shape index (κ3) is 4.76. The summed E-state index contributed by atoms with van der Waals surface area (Å²) in [5.74, 6) is 0.765. The van der Waals surface area contributed by atoms with Gasteiger partial charge in [-0.15, -0.1) is 0 Å². The van der Waals surface area contributed by atoms with Gasteiger partial charge in [-0.1, -0.05) is 13.8 Å². The van der Waals surface area contributed by atoms with E-state index in [1.54, 1.807) is 29.2 Å². The van der Waals surface area contributed by atoms with Gasteiger partial charge in [-0.3, -0.25) is 9.59 Å². The van der Waals surface area contributed by atoms with E-state index < -0.39 is 0 Å². The van der Waals surface area contributed by atoms with Gasteiger partial charge >= 0.3 is 0 Å². The van der Waals surface area contributed by atoms with Crippen LogP contribution < -0.4 is 5.32 Å². The molecule has 1 saturated heterocycles. The summed E-state index contributed by atoms with van der Waals surface area (Å²) in [6.07, 6.45) is 1.62. The lowest BCUT2D eigenvalue weighted by atomic mass is 9.96. The number of piperidine rings is 1. The van der Waals surface area contributed by atoms with Crippen LogP contribution in [0.4, 0.5) is 4.39 Å². The second-order valence-corrected chi connectivity index (χ2v) is 7.27. The van der Waals surface area contributed by atoms with Crippen molar-refractivity contribution in [3.63, 3.8) is 0 Å². The van der Waals surface area contributed by atoms with Crippen molar-refractivity contribution in [2.75, 3.05) is 13.1 Å². The minimum absolute atomic E-state index is 0.0557. The molecule has 1 atom stereocenters. The number of hydrogen-bond acceptors (Lipinski definition) is 3. The van der Waals surface area contributed by atoms with Crippen LogP contribution in [0, 0.1) is 17.7 Å². The number of nitrogens with one attached hydrogen (secondary N) is 1. The standard InChI is InChI=1S/C21H25FN2O3/c1-14(2)21(26)24-11-3-4-16(13-24)20(25)23-12-18-9-10-19(27-18)15-5-7-17(22)8-6-15/h5-10,14,16H,3-4,11-13H2,1-2H3,(H,23,25). The number of nitrogens with zero attached hydrogens (tertiary/aromatic N) is 1. The van der Waals surface area contributed by atoms with Crippen LogP contribution in [0.1, 0.15) is 32.4 Å². The van der Waals surface area contributed by atoms with Gasteiger partial charge in [0.05, 0.1) is 12.5 Å². The van der Waals surface area contributed by atoms with Gasteiger partial charge in [0, 0.05) is 24.6 Å². The second-order valence-electron chi connectivity index (χ2n) is 7.27. The van der Waals surface area contributed by atoms with Gasteiger partial charge in [-0.25, -0.2) is 4.39 Å². The van der Waals surface area contributed by atoms with E-state index in [9.17, 15) is 14.0 Å². The first-order valence-electron chi connectivity index (χ1n) is 9.35. The maximum absolute atomic E-state index is 13.0. The first kappa shape index (κ1) is 19.1. The van der Waals surface area contributed by atoms with Crippen LogP contribution in [0.2, 0.25) is 0 Å². The molecule has 2 heterocycles. The molecular formula is C21H25FN2O3. The number of halogens is 1. The number of furan rings is 1. The molecule has 0 aliphatic carbocycles. The Morgan fingerprint density at radius 3 is 2.67 bits per heavy atom. The van der Waals surface area contributed by atoms with Crippen LogP contribution in [0.25, 0.3) is 11.3 Å². The molecule has 1 aliphatic rings. The molecule has 1 N–H and O–H groups in total. The highest BCUT2D eigenvalue weighted by Crippen LogP contribution is 2.23. The van der Waals surface area contributed by atoms with E-state index in [0.717, 1.165) is 24.9 Å². The number of hydrogen-bond donors (Lipinski definition) is 1. The molecule has 5 nitrogen and oxygen atoms in total. The van der Waals surface area contributed by atoms with Crippen molar-refractivity contribution in [3.8, 4) is 11.3 Å². The summed E-state index contributed by atoms with van der Waals surface area (Å²) in [4.78, 5) is 26.4. The Labute approximate surface area is 158 Å².